The Balaban J connectivity index is 1.96. The second-order valence-electron chi connectivity index (χ2n) is 6.03. The third kappa shape index (κ3) is 3.42. The molecule has 0 aliphatic rings. The summed E-state index contributed by atoms with van der Waals surface area (Å²) >= 11 is 3.66. The first-order chi connectivity index (χ1) is 12.8. The molecule has 0 fully saturated rings. The minimum atomic E-state index is 1.06. The van der Waals surface area contributed by atoms with Gasteiger partial charge in [0, 0.05) is 21.4 Å². The Labute approximate surface area is 162 Å². The van der Waals surface area contributed by atoms with Gasteiger partial charge in [-0.2, -0.15) is 0 Å². The van der Waals surface area contributed by atoms with Crippen molar-refractivity contribution in [3.05, 3.63) is 114 Å². The van der Waals surface area contributed by atoms with Crippen molar-refractivity contribution in [2.45, 2.75) is 0 Å². The summed E-state index contributed by atoms with van der Waals surface area (Å²) in [6.45, 7) is 0. The van der Waals surface area contributed by atoms with E-state index in [0.717, 1.165) is 21.5 Å². The van der Waals surface area contributed by atoms with Crippen LogP contribution in [0.4, 0.5) is 17.1 Å². The molecule has 0 aromatic heterocycles. The van der Waals surface area contributed by atoms with Crippen molar-refractivity contribution in [2.75, 3.05) is 4.90 Å². The molecule has 0 amide bonds. The lowest BCUT2D eigenvalue weighted by atomic mass is 10.0. The van der Waals surface area contributed by atoms with Gasteiger partial charge in [0.2, 0.25) is 0 Å². The fourth-order valence-electron chi connectivity index (χ4n) is 3.13. The smallest absolute Gasteiger partial charge is 0.0551 e. The van der Waals surface area contributed by atoms with Crippen molar-refractivity contribution in [3.63, 3.8) is 0 Å². The molecule has 0 aliphatic heterocycles. The van der Waals surface area contributed by atoms with E-state index in [1.54, 1.807) is 0 Å². The molecule has 0 radical (unpaired) electrons. The molecular weight excluding hydrogens is 382 g/mol. The Kier molecular flexibility index (Phi) is 4.85. The van der Waals surface area contributed by atoms with E-state index in [1.165, 1.54) is 11.1 Å². The van der Waals surface area contributed by atoms with Gasteiger partial charge in [-0.1, -0.05) is 88.7 Å². The first-order valence-corrected chi connectivity index (χ1v) is 9.37. The minimum absolute atomic E-state index is 1.06. The maximum absolute atomic E-state index is 3.66. The van der Waals surface area contributed by atoms with Crippen molar-refractivity contribution >= 4 is 33.0 Å². The number of benzene rings is 4. The van der Waals surface area contributed by atoms with Crippen LogP contribution in [0.2, 0.25) is 0 Å². The van der Waals surface area contributed by atoms with Gasteiger partial charge < -0.3 is 4.90 Å². The summed E-state index contributed by atoms with van der Waals surface area (Å²) in [5.74, 6) is 0. The van der Waals surface area contributed by atoms with Crippen LogP contribution in [0.5, 0.6) is 0 Å². The largest absolute Gasteiger partial charge is 0.310 e. The summed E-state index contributed by atoms with van der Waals surface area (Å²) in [5, 5.41) is 0. The predicted molar refractivity (Wildman–Crippen MR) is 114 cm³/mol. The van der Waals surface area contributed by atoms with Gasteiger partial charge in [-0.3, -0.25) is 0 Å². The number of nitrogens with zero attached hydrogens (tertiary/aromatic N) is 1. The highest BCUT2D eigenvalue weighted by Gasteiger charge is 2.17. The highest BCUT2D eigenvalue weighted by Crippen LogP contribution is 2.41. The van der Waals surface area contributed by atoms with Crippen molar-refractivity contribution in [3.8, 4) is 11.1 Å². The fourth-order valence-corrected chi connectivity index (χ4v) is 3.48. The standard InChI is InChI=1S/C24H18BrN/c25-20-16-17-23(19-10-4-1-5-11-19)24(18-20)26(21-12-6-2-7-13-21)22-14-8-3-9-15-22/h1-18H. The van der Waals surface area contributed by atoms with Crippen LogP contribution in [0.3, 0.4) is 0 Å². The van der Waals surface area contributed by atoms with E-state index in [9.17, 15) is 0 Å². The van der Waals surface area contributed by atoms with E-state index in [0.29, 0.717) is 0 Å². The van der Waals surface area contributed by atoms with Crippen LogP contribution in [0.1, 0.15) is 0 Å². The van der Waals surface area contributed by atoms with Gasteiger partial charge in [0.05, 0.1) is 5.69 Å². The van der Waals surface area contributed by atoms with Gasteiger partial charge in [0.15, 0.2) is 0 Å². The van der Waals surface area contributed by atoms with Crippen molar-refractivity contribution in [1.29, 1.82) is 0 Å². The Hall–Kier alpha value is -2.84. The summed E-state index contributed by atoms with van der Waals surface area (Å²) in [4.78, 5) is 2.30. The molecule has 126 valence electrons. The summed E-state index contributed by atoms with van der Waals surface area (Å²) in [6.07, 6.45) is 0. The second kappa shape index (κ2) is 7.59. The molecule has 0 bridgehead atoms. The van der Waals surface area contributed by atoms with Gasteiger partial charge in [-0.15, -0.1) is 0 Å². The van der Waals surface area contributed by atoms with Crippen molar-refractivity contribution in [2.24, 2.45) is 0 Å². The molecule has 0 aliphatic carbocycles. The predicted octanol–water partition coefficient (Wildman–Crippen LogP) is 7.59. The van der Waals surface area contributed by atoms with E-state index in [-0.39, 0.29) is 0 Å². The minimum Gasteiger partial charge on any atom is -0.310 e. The number of halogens is 1. The van der Waals surface area contributed by atoms with Crippen LogP contribution in [-0.4, -0.2) is 0 Å². The van der Waals surface area contributed by atoms with Crippen LogP contribution in [0, 0.1) is 0 Å². The molecule has 0 saturated heterocycles. The second-order valence-corrected chi connectivity index (χ2v) is 6.95. The van der Waals surface area contributed by atoms with Crippen LogP contribution in [-0.2, 0) is 0 Å². The molecule has 0 heterocycles. The van der Waals surface area contributed by atoms with Crippen LogP contribution in [0.15, 0.2) is 114 Å². The monoisotopic (exact) mass is 399 g/mol. The lowest BCUT2D eigenvalue weighted by Crippen LogP contribution is -2.11. The summed E-state index contributed by atoms with van der Waals surface area (Å²) < 4.78 is 1.06. The summed E-state index contributed by atoms with van der Waals surface area (Å²) in [7, 11) is 0. The van der Waals surface area contributed by atoms with E-state index in [2.05, 4.69) is 112 Å². The maximum Gasteiger partial charge on any atom is 0.0551 e. The highest BCUT2D eigenvalue weighted by atomic mass is 79.9. The molecule has 4 rings (SSSR count). The Morgan fingerprint density at radius 3 is 1.58 bits per heavy atom. The van der Waals surface area contributed by atoms with E-state index in [4.69, 9.17) is 0 Å². The van der Waals surface area contributed by atoms with E-state index < -0.39 is 0 Å². The van der Waals surface area contributed by atoms with E-state index >= 15 is 0 Å². The molecule has 4 aromatic carbocycles. The fraction of sp³-hybridized carbons (Fsp3) is 0. The number of rotatable bonds is 4. The molecule has 1 nitrogen and oxygen atoms in total. The quantitative estimate of drug-likeness (QED) is 0.341. The van der Waals surface area contributed by atoms with Crippen molar-refractivity contribution in [1.82, 2.24) is 0 Å². The van der Waals surface area contributed by atoms with Crippen molar-refractivity contribution < 1.29 is 0 Å². The van der Waals surface area contributed by atoms with E-state index in [1.807, 2.05) is 18.2 Å². The topological polar surface area (TPSA) is 3.24 Å². The van der Waals surface area contributed by atoms with Gasteiger partial charge >= 0.3 is 0 Å². The van der Waals surface area contributed by atoms with Crippen LogP contribution in [0.25, 0.3) is 11.1 Å². The van der Waals surface area contributed by atoms with Gasteiger partial charge in [-0.25, -0.2) is 0 Å². The normalized spacial score (nSPS) is 10.5. The zero-order valence-electron chi connectivity index (χ0n) is 14.2. The molecule has 26 heavy (non-hydrogen) atoms. The maximum atomic E-state index is 3.66. The molecule has 4 aromatic rings. The van der Waals surface area contributed by atoms with Crippen LogP contribution >= 0.6 is 15.9 Å². The summed E-state index contributed by atoms with van der Waals surface area (Å²) in [5.41, 5.74) is 5.80. The first kappa shape index (κ1) is 16.6. The Morgan fingerprint density at radius 2 is 1.04 bits per heavy atom. The molecule has 2 heteroatoms. The third-order valence-corrected chi connectivity index (χ3v) is 4.81. The average molecular weight is 400 g/mol. The van der Waals surface area contributed by atoms with Crippen LogP contribution < -0.4 is 4.90 Å². The summed E-state index contributed by atoms with van der Waals surface area (Å²) in [6, 6.07) is 37.9. The lowest BCUT2D eigenvalue weighted by Gasteiger charge is -2.28. The molecule has 0 atom stereocenters. The molecule has 0 N–H and O–H groups in total. The van der Waals surface area contributed by atoms with Gasteiger partial charge in [-0.05, 0) is 42.0 Å². The Bertz CT molecular complexity index is 943. The molecular formula is C24H18BrN. The van der Waals surface area contributed by atoms with Gasteiger partial charge in [0.1, 0.15) is 0 Å². The average Bonchev–Trinajstić information content (AvgIpc) is 2.71. The SMILES string of the molecule is Brc1ccc(-c2ccccc2)c(N(c2ccccc2)c2ccccc2)c1. The number of para-hydroxylation sites is 2. The molecule has 0 saturated carbocycles. The molecule has 0 spiro atoms. The zero-order chi connectivity index (χ0) is 17.8. The van der Waals surface area contributed by atoms with Gasteiger partial charge in [0.25, 0.3) is 0 Å². The Morgan fingerprint density at radius 1 is 0.538 bits per heavy atom. The number of anilines is 3. The first-order valence-electron chi connectivity index (χ1n) is 8.58. The number of hydrogen-bond acceptors (Lipinski definition) is 1. The molecule has 0 unspecified atom stereocenters. The number of hydrogen-bond donors (Lipinski definition) is 0. The highest BCUT2D eigenvalue weighted by molar-refractivity contribution is 9.10. The lowest BCUT2D eigenvalue weighted by molar-refractivity contribution is 1.28. The third-order valence-electron chi connectivity index (χ3n) is 4.31. The zero-order valence-corrected chi connectivity index (χ0v) is 15.8.